The summed E-state index contributed by atoms with van der Waals surface area (Å²) in [5.74, 6) is 0.627. The summed E-state index contributed by atoms with van der Waals surface area (Å²) in [6.45, 7) is 8.45. The maximum absolute atomic E-state index is 6.02. The van der Waals surface area contributed by atoms with Gasteiger partial charge in [0.05, 0.1) is 11.8 Å². The smallest absolute Gasteiger partial charge is 0.114 e. The fourth-order valence-corrected chi connectivity index (χ4v) is 1.98. The Bertz CT molecular complexity index is 311. The van der Waals surface area contributed by atoms with Gasteiger partial charge in [-0.05, 0) is 38.3 Å². The number of nitrogens with two attached hydrogens (primary N) is 1. The molecule has 3 unspecified atom stereocenters. The molecule has 3 nitrogen and oxygen atoms in total. The Balaban J connectivity index is 2.68. The van der Waals surface area contributed by atoms with Crippen molar-refractivity contribution in [2.75, 3.05) is 0 Å². The van der Waals surface area contributed by atoms with Crippen molar-refractivity contribution in [2.24, 2.45) is 11.7 Å². The highest BCUT2D eigenvalue weighted by Gasteiger charge is 2.21. The van der Waals surface area contributed by atoms with Gasteiger partial charge in [0, 0.05) is 12.2 Å². The van der Waals surface area contributed by atoms with E-state index in [0.717, 1.165) is 12.1 Å². The average Bonchev–Trinajstić information content (AvgIpc) is 2.25. The minimum absolute atomic E-state index is 0.0560. The third-order valence-corrected chi connectivity index (χ3v) is 2.64. The number of rotatable bonds is 6. The van der Waals surface area contributed by atoms with Crippen molar-refractivity contribution < 1.29 is 4.74 Å². The van der Waals surface area contributed by atoms with Gasteiger partial charge in [0.1, 0.15) is 6.10 Å². The van der Waals surface area contributed by atoms with E-state index >= 15 is 0 Å². The van der Waals surface area contributed by atoms with Crippen LogP contribution in [0.15, 0.2) is 24.4 Å². The molecule has 96 valence electrons. The van der Waals surface area contributed by atoms with E-state index in [1.54, 1.807) is 6.20 Å². The second kappa shape index (κ2) is 6.72. The number of aromatic nitrogens is 1. The molecule has 0 fully saturated rings. The van der Waals surface area contributed by atoms with Gasteiger partial charge >= 0.3 is 0 Å². The maximum atomic E-state index is 6.02. The number of ether oxygens (including phenoxy) is 1. The molecule has 0 radical (unpaired) electrons. The molecule has 0 saturated heterocycles. The van der Waals surface area contributed by atoms with E-state index in [4.69, 9.17) is 10.5 Å². The van der Waals surface area contributed by atoms with Crippen LogP contribution in [0.3, 0.4) is 0 Å². The van der Waals surface area contributed by atoms with Crippen LogP contribution in [0.1, 0.15) is 45.9 Å². The zero-order valence-electron chi connectivity index (χ0n) is 11.3. The van der Waals surface area contributed by atoms with Gasteiger partial charge in [0.15, 0.2) is 0 Å². The Morgan fingerprint density at radius 1 is 1.24 bits per heavy atom. The van der Waals surface area contributed by atoms with E-state index in [9.17, 15) is 0 Å². The zero-order valence-corrected chi connectivity index (χ0v) is 11.3. The van der Waals surface area contributed by atoms with E-state index in [2.05, 4.69) is 25.8 Å². The normalized spacial score (nSPS) is 16.8. The highest BCUT2D eigenvalue weighted by molar-refractivity contribution is 5.08. The van der Waals surface area contributed by atoms with E-state index in [-0.39, 0.29) is 18.2 Å². The Hall–Kier alpha value is -0.930. The lowest BCUT2D eigenvalue weighted by Gasteiger charge is -2.25. The summed E-state index contributed by atoms with van der Waals surface area (Å²) in [4.78, 5) is 4.33. The summed E-state index contributed by atoms with van der Waals surface area (Å²) in [7, 11) is 0. The van der Waals surface area contributed by atoms with Crippen molar-refractivity contribution >= 4 is 0 Å². The molecular formula is C14H24N2O. The van der Waals surface area contributed by atoms with Crippen LogP contribution >= 0.6 is 0 Å². The van der Waals surface area contributed by atoms with E-state index < -0.39 is 0 Å². The number of pyridine rings is 1. The van der Waals surface area contributed by atoms with Crippen molar-refractivity contribution in [3.8, 4) is 0 Å². The van der Waals surface area contributed by atoms with Crippen LogP contribution in [0.2, 0.25) is 0 Å². The molecule has 0 amide bonds. The van der Waals surface area contributed by atoms with Gasteiger partial charge in [0.25, 0.3) is 0 Å². The lowest BCUT2D eigenvalue weighted by Crippen LogP contribution is -2.30. The zero-order chi connectivity index (χ0) is 12.8. The van der Waals surface area contributed by atoms with Gasteiger partial charge in [-0.3, -0.25) is 4.98 Å². The quantitative estimate of drug-likeness (QED) is 0.826. The molecular weight excluding hydrogens is 212 g/mol. The van der Waals surface area contributed by atoms with Crippen LogP contribution in [0, 0.1) is 5.92 Å². The summed E-state index contributed by atoms with van der Waals surface area (Å²) < 4.78 is 6.02. The fraction of sp³-hybridized carbons (Fsp3) is 0.643. The van der Waals surface area contributed by atoms with Crippen LogP contribution in [-0.2, 0) is 4.74 Å². The minimum atomic E-state index is -0.120. The number of nitrogens with zero attached hydrogens (tertiary/aromatic N) is 1. The van der Waals surface area contributed by atoms with Crippen molar-refractivity contribution in [1.29, 1.82) is 0 Å². The molecule has 2 N–H and O–H groups in total. The minimum Gasteiger partial charge on any atom is -0.367 e. The van der Waals surface area contributed by atoms with Gasteiger partial charge < -0.3 is 10.5 Å². The molecule has 0 bridgehead atoms. The third kappa shape index (κ3) is 4.84. The Morgan fingerprint density at radius 2 is 1.94 bits per heavy atom. The molecule has 0 aromatic carbocycles. The number of hydrogen-bond acceptors (Lipinski definition) is 3. The predicted molar refractivity (Wildman–Crippen MR) is 70.6 cm³/mol. The van der Waals surface area contributed by atoms with Crippen LogP contribution in [0.25, 0.3) is 0 Å². The standard InChI is InChI=1S/C14H24N2O/c1-10(2)9-11(3)17-14(12(4)15)13-7-5-6-8-16-13/h5-8,10-12,14H,9,15H2,1-4H3. The van der Waals surface area contributed by atoms with Gasteiger partial charge in [-0.2, -0.15) is 0 Å². The van der Waals surface area contributed by atoms with E-state index in [1.165, 1.54) is 0 Å². The first-order valence-corrected chi connectivity index (χ1v) is 6.32. The summed E-state index contributed by atoms with van der Waals surface area (Å²) in [5.41, 5.74) is 6.90. The van der Waals surface area contributed by atoms with Crippen LogP contribution in [-0.4, -0.2) is 17.1 Å². The van der Waals surface area contributed by atoms with Crippen LogP contribution in [0.4, 0.5) is 0 Å². The van der Waals surface area contributed by atoms with Crippen LogP contribution < -0.4 is 5.73 Å². The summed E-state index contributed by atoms with van der Waals surface area (Å²) in [6.07, 6.45) is 2.90. The first-order chi connectivity index (χ1) is 8.00. The molecule has 0 spiro atoms. The second-order valence-electron chi connectivity index (χ2n) is 5.11. The molecule has 3 atom stereocenters. The summed E-state index contributed by atoms with van der Waals surface area (Å²) >= 11 is 0. The van der Waals surface area contributed by atoms with Crippen molar-refractivity contribution in [2.45, 2.75) is 52.4 Å². The Labute approximate surface area is 104 Å². The molecule has 1 aromatic heterocycles. The van der Waals surface area contributed by atoms with Gasteiger partial charge in [-0.15, -0.1) is 0 Å². The average molecular weight is 236 g/mol. The summed E-state index contributed by atoms with van der Waals surface area (Å²) in [5, 5.41) is 0. The molecule has 1 rings (SSSR count). The largest absolute Gasteiger partial charge is 0.367 e. The molecule has 1 heterocycles. The molecule has 0 aliphatic heterocycles. The number of hydrogen-bond donors (Lipinski definition) is 1. The van der Waals surface area contributed by atoms with E-state index in [1.807, 2.05) is 25.1 Å². The first-order valence-electron chi connectivity index (χ1n) is 6.32. The molecule has 1 aromatic rings. The summed E-state index contributed by atoms with van der Waals surface area (Å²) in [6, 6.07) is 5.78. The lowest BCUT2D eigenvalue weighted by atomic mass is 10.1. The highest BCUT2D eigenvalue weighted by Crippen LogP contribution is 2.22. The lowest BCUT2D eigenvalue weighted by molar-refractivity contribution is -0.0258. The molecule has 3 heteroatoms. The highest BCUT2D eigenvalue weighted by atomic mass is 16.5. The third-order valence-electron chi connectivity index (χ3n) is 2.64. The van der Waals surface area contributed by atoms with E-state index in [0.29, 0.717) is 5.92 Å². The Kier molecular flexibility index (Phi) is 5.59. The SMILES string of the molecule is CC(C)CC(C)OC(c1ccccn1)C(C)N. The fourth-order valence-electron chi connectivity index (χ4n) is 1.98. The monoisotopic (exact) mass is 236 g/mol. The Morgan fingerprint density at radius 3 is 2.41 bits per heavy atom. The van der Waals surface area contributed by atoms with Gasteiger partial charge in [0.2, 0.25) is 0 Å². The molecule has 0 saturated carbocycles. The topological polar surface area (TPSA) is 48.1 Å². The molecule has 17 heavy (non-hydrogen) atoms. The molecule has 0 aliphatic rings. The van der Waals surface area contributed by atoms with Gasteiger partial charge in [-0.1, -0.05) is 19.9 Å². The van der Waals surface area contributed by atoms with Crippen molar-refractivity contribution in [1.82, 2.24) is 4.98 Å². The second-order valence-corrected chi connectivity index (χ2v) is 5.11. The molecule has 0 aliphatic carbocycles. The maximum Gasteiger partial charge on any atom is 0.114 e. The van der Waals surface area contributed by atoms with Crippen LogP contribution in [0.5, 0.6) is 0 Å². The van der Waals surface area contributed by atoms with Crippen molar-refractivity contribution in [3.63, 3.8) is 0 Å². The van der Waals surface area contributed by atoms with Gasteiger partial charge in [-0.25, -0.2) is 0 Å². The predicted octanol–water partition coefficient (Wildman–Crippen LogP) is 2.92. The van der Waals surface area contributed by atoms with Crippen molar-refractivity contribution in [3.05, 3.63) is 30.1 Å². The first kappa shape index (κ1) is 14.1.